The van der Waals surface area contributed by atoms with E-state index in [4.69, 9.17) is 11.6 Å². The quantitative estimate of drug-likeness (QED) is 0.843. The minimum absolute atomic E-state index is 0.477. The summed E-state index contributed by atoms with van der Waals surface area (Å²) in [4.78, 5) is 26.8. The summed E-state index contributed by atoms with van der Waals surface area (Å²) in [7, 11) is 0. The van der Waals surface area contributed by atoms with E-state index in [1.54, 1.807) is 36.4 Å². The molecule has 0 aliphatic heterocycles. The molecule has 5 nitrogen and oxygen atoms in total. The Bertz CT molecular complexity index is 633. The Balaban J connectivity index is 1.87. The van der Waals surface area contributed by atoms with Gasteiger partial charge in [-0.25, -0.2) is 4.79 Å². The molecule has 3 amide bonds. The van der Waals surface area contributed by atoms with E-state index in [2.05, 4.69) is 15.6 Å². The lowest BCUT2D eigenvalue weighted by molar-refractivity contribution is -0.109. The molecule has 2 N–H and O–H groups in total. The largest absolute Gasteiger partial charge is 0.345 e. The van der Waals surface area contributed by atoms with Crippen LogP contribution < -0.4 is 10.6 Å². The van der Waals surface area contributed by atoms with Crippen LogP contribution in [0.5, 0.6) is 0 Å². The normalized spacial score (nSPS) is 10.5. The fraction of sp³-hybridized carbons (Fsp3) is 0.0625. The molecule has 0 radical (unpaired) electrons. The summed E-state index contributed by atoms with van der Waals surface area (Å²) >= 11 is 5.74. The highest BCUT2D eigenvalue weighted by Crippen LogP contribution is 2.13. The van der Waals surface area contributed by atoms with Crippen LogP contribution in [-0.2, 0) is 4.79 Å². The topological polar surface area (TPSA) is 70.6 Å². The van der Waals surface area contributed by atoms with Crippen LogP contribution in [0.2, 0.25) is 5.02 Å². The average molecular weight is 316 g/mol. The molecule has 0 heterocycles. The molecule has 2 aromatic carbocycles. The number of amides is 3. The van der Waals surface area contributed by atoms with Gasteiger partial charge in [0.2, 0.25) is 0 Å². The van der Waals surface area contributed by atoms with Gasteiger partial charge in [-0.2, -0.15) is 4.99 Å². The van der Waals surface area contributed by atoms with Crippen molar-refractivity contribution >= 4 is 41.1 Å². The van der Waals surface area contributed by atoms with Crippen LogP contribution in [0.1, 0.15) is 5.56 Å². The van der Waals surface area contributed by atoms with Crippen molar-refractivity contribution in [2.45, 2.75) is 6.92 Å². The number of carbonyl (C=O) groups is 2. The third-order valence-corrected chi connectivity index (χ3v) is 2.97. The van der Waals surface area contributed by atoms with Gasteiger partial charge < -0.3 is 10.6 Å². The lowest BCUT2D eigenvalue weighted by Gasteiger charge is -2.02. The minimum atomic E-state index is -0.638. The second kappa shape index (κ2) is 7.38. The zero-order valence-electron chi connectivity index (χ0n) is 11.8. The molecule has 0 saturated heterocycles. The predicted octanol–water partition coefficient (Wildman–Crippen LogP) is 3.89. The molecule has 0 bridgehead atoms. The summed E-state index contributed by atoms with van der Waals surface area (Å²) in [5.41, 5.74) is 2.28. The van der Waals surface area contributed by atoms with Gasteiger partial charge in [-0.1, -0.05) is 29.3 Å². The highest BCUT2D eigenvalue weighted by atomic mass is 35.5. The van der Waals surface area contributed by atoms with Crippen LogP contribution in [0.25, 0.3) is 0 Å². The number of carbonyl (C=O) groups excluding carboxylic acids is 2. The van der Waals surface area contributed by atoms with Gasteiger partial charge in [-0.15, -0.1) is 0 Å². The van der Waals surface area contributed by atoms with Crippen molar-refractivity contribution in [3.8, 4) is 0 Å². The van der Waals surface area contributed by atoms with Crippen LogP contribution >= 0.6 is 11.6 Å². The molecule has 0 aliphatic carbocycles. The Morgan fingerprint density at radius 2 is 1.50 bits per heavy atom. The fourth-order valence-electron chi connectivity index (χ4n) is 1.62. The maximum Gasteiger partial charge on any atom is 0.345 e. The standard InChI is InChI=1S/C16H14ClN3O2/c1-11-2-6-13(7-3-11)19-15(21)10-18-16(22)20-14-8-4-12(17)5-9-14/h2-10H,1H3,(H,19,21)(H,20,22)/b18-10+. The molecule has 0 aromatic heterocycles. The fourth-order valence-corrected chi connectivity index (χ4v) is 1.74. The monoisotopic (exact) mass is 315 g/mol. The van der Waals surface area contributed by atoms with Crippen molar-refractivity contribution in [2.75, 3.05) is 10.6 Å². The summed E-state index contributed by atoms with van der Waals surface area (Å²) in [5, 5.41) is 5.70. The Labute approximate surface area is 133 Å². The van der Waals surface area contributed by atoms with Crippen molar-refractivity contribution in [3.05, 3.63) is 59.1 Å². The second-order valence-corrected chi connectivity index (χ2v) is 4.99. The van der Waals surface area contributed by atoms with Gasteiger partial charge in [0, 0.05) is 16.4 Å². The molecule has 2 rings (SSSR count). The third kappa shape index (κ3) is 5.03. The van der Waals surface area contributed by atoms with Crippen LogP contribution in [0.4, 0.5) is 16.2 Å². The molecule has 0 saturated carbocycles. The number of rotatable bonds is 3. The average Bonchev–Trinajstić information content (AvgIpc) is 2.50. The Morgan fingerprint density at radius 1 is 0.955 bits per heavy atom. The number of anilines is 2. The van der Waals surface area contributed by atoms with E-state index in [9.17, 15) is 9.59 Å². The first-order valence-electron chi connectivity index (χ1n) is 6.51. The number of hydrogen-bond acceptors (Lipinski definition) is 2. The van der Waals surface area contributed by atoms with Crippen LogP contribution in [-0.4, -0.2) is 18.2 Å². The van der Waals surface area contributed by atoms with Gasteiger partial charge in [-0.05, 0) is 43.3 Å². The van der Waals surface area contributed by atoms with E-state index < -0.39 is 11.9 Å². The van der Waals surface area contributed by atoms with Gasteiger partial charge in [0.1, 0.15) is 0 Å². The van der Waals surface area contributed by atoms with Crippen molar-refractivity contribution < 1.29 is 9.59 Å². The maximum absolute atomic E-state index is 11.6. The summed E-state index contributed by atoms with van der Waals surface area (Å²) in [5.74, 6) is -0.477. The Hall–Kier alpha value is -2.66. The number of aryl methyl sites for hydroxylation is 1. The predicted molar refractivity (Wildman–Crippen MR) is 88.8 cm³/mol. The highest BCUT2D eigenvalue weighted by molar-refractivity contribution is 6.33. The van der Waals surface area contributed by atoms with Gasteiger partial charge in [0.25, 0.3) is 5.91 Å². The van der Waals surface area contributed by atoms with E-state index in [0.717, 1.165) is 11.8 Å². The number of hydrogen-bond donors (Lipinski definition) is 2. The SMILES string of the molecule is Cc1ccc(NC(=O)/C=N/C(=O)Nc2ccc(Cl)cc2)cc1. The maximum atomic E-state index is 11.6. The number of nitrogens with one attached hydrogen (secondary N) is 2. The Kier molecular flexibility index (Phi) is 5.27. The van der Waals surface area contributed by atoms with Crippen molar-refractivity contribution in [3.63, 3.8) is 0 Å². The first kappa shape index (κ1) is 15.7. The number of halogens is 1. The number of urea groups is 1. The zero-order valence-corrected chi connectivity index (χ0v) is 12.6. The van der Waals surface area contributed by atoms with E-state index >= 15 is 0 Å². The van der Waals surface area contributed by atoms with E-state index in [1.807, 2.05) is 19.1 Å². The molecule has 112 valence electrons. The molecule has 0 spiro atoms. The van der Waals surface area contributed by atoms with E-state index in [0.29, 0.717) is 16.4 Å². The summed E-state index contributed by atoms with van der Waals surface area (Å²) in [6.45, 7) is 1.95. The second-order valence-electron chi connectivity index (χ2n) is 4.55. The summed E-state index contributed by atoms with van der Waals surface area (Å²) in [6, 6.07) is 13.2. The van der Waals surface area contributed by atoms with E-state index in [-0.39, 0.29) is 0 Å². The molecule has 6 heteroatoms. The number of aliphatic imine (C=N–C) groups is 1. The third-order valence-electron chi connectivity index (χ3n) is 2.71. The molecule has 0 fully saturated rings. The lowest BCUT2D eigenvalue weighted by atomic mass is 10.2. The van der Waals surface area contributed by atoms with Gasteiger partial charge in [-0.3, -0.25) is 4.79 Å². The lowest BCUT2D eigenvalue weighted by Crippen LogP contribution is -2.15. The molecule has 2 aromatic rings. The highest BCUT2D eigenvalue weighted by Gasteiger charge is 2.02. The van der Waals surface area contributed by atoms with Gasteiger partial charge in [0.15, 0.2) is 0 Å². The minimum Gasteiger partial charge on any atom is -0.321 e. The van der Waals surface area contributed by atoms with Gasteiger partial charge in [0.05, 0.1) is 6.21 Å². The first-order valence-corrected chi connectivity index (χ1v) is 6.89. The van der Waals surface area contributed by atoms with Crippen LogP contribution in [0, 0.1) is 6.92 Å². The Morgan fingerprint density at radius 3 is 2.14 bits per heavy atom. The number of benzene rings is 2. The zero-order chi connectivity index (χ0) is 15.9. The van der Waals surface area contributed by atoms with Gasteiger partial charge >= 0.3 is 6.03 Å². The molecule has 0 unspecified atom stereocenters. The number of nitrogens with zero attached hydrogens (tertiary/aromatic N) is 1. The van der Waals surface area contributed by atoms with E-state index in [1.165, 1.54) is 0 Å². The summed E-state index contributed by atoms with van der Waals surface area (Å²) in [6.07, 6.45) is 0.936. The first-order chi connectivity index (χ1) is 10.5. The molecular formula is C16H14ClN3O2. The van der Waals surface area contributed by atoms with Crippen molar-refractivity contribution in [2.24, 2.45) is 4.99 Å². The van der Waals surface area contributed by atoms with Crippen molar-refractivity contribution in [1.82, 2.24) is 0 Å². The molecule has 0 aliphatic rings. The molecule has 22 heavy (non-hydrogen) atoms. The molecule has 0 atom stereocenters. The smallest absolute Gasteiger partial charge is 0.321 e. The summed E-state index contributed by atoms with van der Waals surface area (Å²) < 4.78 is 0. The molecular weight excluding hydrogens is 302 g/mol. The van der Waals surface area contributed by atoms with Crippen LogP contribution in [0.15, 0.2) is 53.5 Å². The van der Waals surface area contributed by atoms with Crippen molar-refractivity contribution in [1.29, 1.82) is 0 Å². The van der Waals surface area contributed by atoms with Crippen LogP contribution in [0.3, 0.4) is 0 Å².